The van der Waals surface area contributed by atoms with E-state index in [9.17, 15) is 9.59 Å². The van der Waals surface area contributed by atoms with Crippen molar-refractivity contribution in [2.24, 2.45) is 17.8 Å². The van der Waals surface area contributed by atoms with E-state index in [1.54, 1.807) is 20.1 Å². The van der Waals surface area contributed by atoms with Crippen LogP contribution in [0.5, 0.6) is 0 Å². The molecule has 0 aromatic heterocycles. The Hall–Kier alpha value is -1.96. The molecule has 1 aliphatic rings. The molecule has 6 atom stereocenters. The zero-order valence-electron chi connectivity index (χ0n) is 25.6. The van der Waals surface area contributed by atoms with Gasteiger partial charge in [-0.25, -0.2) is 4.79 Å². The van der Waals surface area contributed by atoms with E-state index in [0.717, 1.165) is 30.4 Å². The molecular weight excluding hydrogens is 496 g/mol. The van der Waals surface area contributed by atoms with Gasteiger partial charge in [-0.15, -0.1) is 0 Å². The molecule has 216 valence electrons. The third-order valence-corrected chi connectivity index (χ3v) is 13.1. The van der Waals surface area contributed by atoms with Gasteiger partial charge in [-0.3, -0.25) is 0 Å². The smallest absolute Gasteiger partial charge is 0.373 e. The third kappa shape index (κ3) is 9.35. The van der Waals surface area contributed by atoms with E-state index < -0.39 is 32.4 Å². The van der Waals surface area contributed by atoms with E-state index in [1.165, 1.54) is 12.7 Å². The monoisotopic (exact) mass is 548 g/mol. The lowest BCUT2D eigenvalue weighted by Crippen LogP contribution is -2.47. The van der Waals surface area contributed by atoms with Gasteiger partial charge in [0.15, 0.2) is 8.32 Å². The van der Waals surface area contributed by atoms with Crippen molar-refractivity contribution in [1.29, 1.82) is 0 Å². The number of carbonyl (C=O) groups excluding carboxylic acids is 2. The second-order valence-corrected chi connectivity index (χ2v) is 16.1. The molecule has 0 unspecified atom stereocenters. The van der Waals surface area contributed by atoms with Crippen LogP contribution in [-0.4, -0.2) is 53.1 Å². The summed E-state index contributed by atoms with van der Waals surface area (Å²) in [5, 5.41) is 0. The quantitative estimate of drug-likeness (QED) is 0.173. The lowest BCUT2D eigenvalue weighted by atomic mass is 9.87. The van der Waals surface area contributed by atoms with Gasteiger partial charge in [-0.1, -0.05) is 83.9 Å². The Morgan fingerprint density at radius 2 is 1.76 bits per heavy atom. The van der Waals surface area contributed by atoms with Gasteiger partial charge < -0.3 is 23.4 Å². The normalized spacial score (nSPS) is 32.2. The molecule has 0 saturated carbocycles. The van der Waals surface area contributed by atoms with E-state index in [-0.39, 0.29) is 23.7 Å². The molecule has 0 spiro atoms. The number of allylic oxidation sites excluding steroid dienone is 5. The third-order valence-electron chi connectivity index (χ3n) is 7.90. The van der Waals surface area contributed by atoms with Gasteiger partial charge in [0.05, 0.1) is 19.1 Å². The van der Waals surface area contributed by atoms with Crippen molar-refractivity contribution in [1.82, 2.24) is 0 Å². The zero-order valence-corrected chi connectivity index (χ0v) is 26.6. The van der Waals surface area contributed by atoms with E-state index in [4.69, 9.17) is 18.6 Å². The number of cyclic esters (lactones) is 1. The molecule has 0 bridgehead atoms. The van der Waals surface area contributed by atoms with Crippen LogP contribution < -0.4 is 0 Å². The number of ether oxygens (including phenoxy) is 3. The van der Waals surface area contributed by atoms with Crippen LogP contribution >= 0.6 is 0 Å². The molecule has 0 fully saturated rings. The molecule has 0 aliphatic carbocycles. The second kappa shape index (κ2) is 16.2. The molecule has 1 rings (SSSR count). The summed E-state index contributed by atoms with van der Waals surface area (Å²) in [5.41, 5.74) is 2.63. The number of esters is 1. The van der Waals surface area contributed by atoms with Crippen LogP contribution in [0.4, 0.5) is 0 Å². The Balaban J connectivity index is 3.64. The molecule has 0 aromatic carbocycles. The van der Waals surface area contributed by atoms with Crippen LogP contribution in [-0.2, 0) is 28.2 Å². The Labute approximate surface area is 232 Å². The van der Waals surface area contributed by atoms with Crippen LogP contribution in [0.2, 0.25) is 17.6 Å². The topological polar surface area (TPSA) is 71.1 Å². The maximum atomic E-state index is 13.1. The summed E-state index contributed by atoms with van der Waals surface area (Å²) in [6, 6.07) is 2.16. The average molecular weight is 549 g/mol. The molecule has 0 aromatic rings. The van der Waals surface area contributed by atoms with Gasteiger partial charge in [-0.2, -0.15) is 0 Å². The molecule has 7 heteroatoms. The van der Waals surface area contributed by atoms with Crippen molar-refractivity contribution in [2.75, 3.05) is 14.2 Å². The van der Waals surface area contributed by atoms with Crippen LogP contribution in [0, 0.1) is 17.8 Å². The van der Waals surface area contributed by atoms with E-state index in [2.05, 4.69) is 60.6 Å². The molecule has 0 amide bonds. The number of aldehydes is 1. The molecular formula is C31H52O6Si. The Morgan fingerprint density at radius 3 is 2.26 bits per heavy atom. The highest BCUT2D eigenvalue weighted by Gasteiger charge is 2.40. The standard InChI is InChI=1S/C31H52O6Si/c1-12-38(13-2,21(3)4)37-29-24(7)17-22(5)15-14-16-27(34-10)30(26(9)20-32)36-31(33)28(35-11)19-23(6)18-25(29)8/h14-16,18-21,24-27,29-30H,12-13,17H2,1-11H3/b16-14+,22-15+,23-18+,28-19-/t24-,25+,26+,27-,29-,30+/m0/s1. The summed E-state index contributed by atoms with van der Waals surface area (Å²) in [7, 11) is 1.04. The van der Waals surface area contributed by atoms with E-state index >= 15 is 0 Å². The molecule has 38 heavy (non-hydrogen) atoms. The predicted molar refractivity (Wildman–Crippen MR) is 157 cm³/mol. The molecule has 0 N–H and O–H groups in total. The number of carbonyl (C=O) groups is 2. The van der Waals surface area contributed by atoms with Crippen molar-refractivity contribution < 1.29 is 28.2 Å². The van der Waals surface area contributed by atoms with Gasteiger partial charge in [0, 0.05) is 7.11 Å². The minimum atomic E-state index is -1.95. The van der Waals surface area contributed by atoms with Crippen molar-refractivity contribution in [3.63, 3.8) is 0 Å². The van der Waals surface area contributed by atoms with Gasteiger partial charge >= 0.3 is 5.97 Å². The lowest BCUT2D eigenvalue weighted by molar-refractivity contribution is -0.157. The Kier molecular flexibility index (Phi) is 14.5. The average Bonchev–Trinajstić information content (AvgIpc) is 2.88. The van der Waals surface area contributed by atoms with Gasteiger partial charge in [0.2, 0.25) is 5.76 Å². The first-order valence-electron chi connectivity index (χ1n) is 14.0. The molecule has 0 radical (unpaired) electrons. The fraction of sp³-hybridized carbons (Fsp3) is 0.677. The first-order valence-corrected chi connectivity index (χ1v) is 16.4. The summed E-state index contributed by atoms with van der Waals surface area (Å²) in [6.07, 6.45) is 9.99. The molecule has 0 saturated heterocycles. The fourth-order valence-electron chi connectivity index (χ4n) is 5.42. The molecule has 6 nitrogen and oxygen atoms in total. The lowest BCUT2D eigenvalue weighted by Gasteiger charge is -2.41. The summed E-state index contributed by atoms with van der Waals surface area (Å²) in [4.78, 5) is 24.7. The Bertz CT molecular complexity index is 883. The SMILES string of the molecule is CC[Si](CC)(O[C@@H]1[C@H](C)/C=C(C)/C=C(\OC)C(=O)O[C@H]([C@H](C)C=O)[C@@H](OC)/C=C/C=C(\C)C[C@@H]1C)C(C)C. The maximum Gasteiger partial charge on any atom is 0.373 e. The minimum Gasteiger partial charge on any atom is -0.490 e. The van der Waals surface area contributed by atoms with Crippen molar-refractivity contribution >= 4 is 20.6 Å². The summed E-state index contributed by atoms with van der Waals surface area (Å²) < 4.78 is 24.0. The van der Waals surface area contributed by atoms with Crippen LogP contribution in [0.1, 0.15) is 68.7 Å². The van der Waals surface area contributed by atoms with Crippen LogP contribution in [0.15, 0.2) is 47.3 Å². The zero-order chi connectivity index (χ0) is 29.0. The van der Waals surface area contributed by atoms with Crippen LogP contribution in [0.3, 0.4) is 0 Å². The first kappa shape index (κ1) is 34.1. The van der Waals surface area contributed by atoms with E-state index in [1.807, 2.05) is 19.1 Å². The van der Waals surface area contributed by atoms with Crippen LogP contribution in [0.25, 0.3) is 0 Å². The van der Waals surface area contributed by atoms with Crippen molar-refractivity contribution in [2.45, 2.75) is 105 Å². The molecule has 1 heterocycles. The highest BCUT2D eigenvalue weighted by molar-refractivity contribution is 6.75. The summed E-state index contributed by atoms with van der Waals surface area (Å²) >= 11 is 0. The van der Waals surface area contributed by atoms with E-state index in [0.29, 0.717) is 5.54 Å². The second-order valence-electron chi connectivity index (χ2n) is 11.1. The number of hydrogen-bond donors (Lipinski definition) is 0. The fourth-order valence-corrected chi connectivity index (χ4v) is 9.15. The first-order chi connectivity index (χ1) is 17.9. The Morgan fingerprint density at radius 1 is 1.13 bits per heavy atom. The summed E-state index contributed by atoms with van der Waals surface area (Å²) in [6.45, 7) is 19.4. The summed E-state index contributed by atoms with van der Waals surface area (Å²) in [5.74, 6) is -0.713. The predicted octanol–water partition coefficient (Wildman–Crippen LogP) is 7.18. The largest absolute Gasteiger partial charge is 0.490 e. The molecule has 1 aliphatic heterocycles. The van der Waals surface area contributed by atoms with Crippen molar-refractivity contribution in [3.8, 4) is 0 Å². The van der Waals surface area contributed by atoms with Gasteiger partial charge in [0.25, 0.3) is 0 Å². The number of methoxy groups -OCH3 is 2. The van der Waals surface area contributed by atoms with Gasteiger partial charge in [-0.05, 0) is 55.8 Å². The van der Waals surface area contributed by atoms with Gasteiger partial charge in [0.1, 0.15) is 18.5 Å². The van der Waals surface area contributed by atoms with Crippen molar-refractivity contribution in [3.05, 3.63) is 47.3 Å². The highest BCUT2D eigenvalue weighted by Crippen LogP contribution is 2.36. The number of rotatable bonds is 9. The number of hydrogen-bond acceptors (Lipinski definition) is 6. The maximum absolute atomic E-state index is 13.1. The minimum absolute atomic E-state index is 0.0371. The highest BCUT2D eigenvalue weighted by atomic mass is 28.4.